The van der Waals surface area contributed by atoms with E-state index in [1.807, 2.05) is 25.1 Å². The number of hydrogen-bond acceptors (Lipinski definition) is 4. The molecule has 28 heavy (non-hydrogen) atoms. The standard InChI is InChI=1S/C23H29NO3S/c1-6-27-22(26)19-17-12-11-15(23(3,4)5)13-18(17)28-21(19)24-20(25)16-10-8-7-9-14(16)2/h7-10,15H,6,11-13H2,1-5H3,(H,24,25)/t15-/m0/s1. The molecule has 1 N–H and O–H groups in total. The molecule has 2 aromatic rings. The van der Waals surface area contributed by atoms with Crippen LogP contribution in [-0.4, -0.2) is 18.5 Å². The monoisotopic (exact) mass is 399 g/mol. The van der Waals surface area contributed by atoms with Crippen molar-refractivity contribution in [2.24, 2.45) is 11.3 Å². The van der Waals surface area contributed by atoms with E-state index in [1.54, 1.807) is 13.0 Å². The largest absolute Gasteiger partial charge is 0.462 e. The van der Waals surface area contributed by atoms with Crippen LogP contribution < -0.4 is 5.32 Å². The van der Waals surface area contributed by atoms with Crippen LogP contribution >= 0.6 is 11.3 Å². The molecular formula is C23H29NO3S. The van der Waals surface area contributed by atoms with E-state index >= 15 is 0 Å². The van der Waals surface area contributed by atoms with Gasteiger partial charge in [-0.15, -0.1) is 11.3 Å². The van der Waals surface area contributed by atoms with Gasteiger partial charge in [0.25, 0.3) is 5.91 Å². The Balaban J connectivity index is 1.96. The molecule has 1 heterocycles. The first-order chi connectivity index (χ1) is 13.2. The van der Waals surface area contributed by atoms with Gasteiger partial charge in [0.05, 0.1) is 12.2 Å². The van der Waals surface area contributed by atoms with E-state index < -0.39 is 0 Å². The van der Waals surface area contributed by atoms with Crippen molar-refractivity contribution in [3.05, 3.63) is 51.4 Å². The number of anilines is 1. The average Bonchev–Trinajstić information content (AvgIpc) is 2.98. The molecular weight excluding hydrogens is 370 g/mol. The SMILES string of the molecule is CCOC(=O)c1c(NC(=O)c2ccccc2C)sc2c1CC[C@H](C(C)(C)C)C2. The van der Waals surface area contributed by atoms with Gasteiger partial charge in [0.1, 0.15) is 5.00 Å². The first-order valence-electron chi connectivity index (χ1n) is 9.91. The van der Waals surface area contributed by atoms with Gasteiger partial charge >= 0.3 is 5.97 Å². The lowest BCUT2D eigenvalue weighted by Crippen LogP contribution is -2.26. The number of ether oxygens (including phenoxy) is 1. The quantitative estimate of drug-likeness (QED) is 0.677. The van der Waals surface area contributed by atoms with Crippen molar-refractivity contribution in [3.63, 3.8) is 0 Å². The minimum atomic E-state index is -0.339. The van der Waals surface area contributed by atoms with E-state index in [2.05, 4.69) is 26.1 Å². The minimum absolute atomic E-state index is 0.186. The number of esters is 1. The van der Waals surface area contributed by atoms with Gasteiger partial charge in [-0.25, -0.2) is 4.79 Å². The number of aryl methyl sites for hydroxylation is 1. The van der Waals surface area contributed by atoms with Gasteiger partial charge in [0, 0.05) is 10.4 Å². The summed E-state index contributed by atoms with van der Waals surface area (Å²) in [5.41, 5.74) is 3.36. The Morgan fingerprint density at radius 3 is 2.61 bits per heavy atom. The third-order valence-electron chi connectivity index (χ3n) is 5.59. The molecule has 1 aromatic heterocycles. The van der Waals surface area contributed by atoms with Gasteiger partial charge in [-0.05, 0) is 61.6 Å². The summed E-state index contributed by atoms with van der Waals surface area (Å²) in [7, 11) is 0. The van der Waals surface area contributed by atoms with Gasteiger partial charge in [-0.3, -0.25) is 4.79 Å². The predicted molar refractivity (Wildman–Crippen MR) is 114 cm³/mol. The summed E-state index contributed by atoms with van der Waals surface area (Å²) in [5.74, 6) is 0.0394. The molecule has 1 atom stereocenters. The van der Waals surface area contributed by atoms with E-state index in [1.165, 1.54) is 16.2 Å². The number of amides is 1. The summed E-state index contributed by atoms with van der Waals surface area (Å²) < 4.78 is 5.31. The van der Waals surface area contributed by atoms with Crippen molar-refractivity contribution in [2.45, 2.75) is 53.9 Å². The molecule has 150 valence electrons. The number of carbonyl (C=O) groups excluding carboxylic acids is 2. The molecule has 0 unspecified atom stereocenters. The van der Waals surface area contributed by atoms with Crippen LogP contribution in [-0.2, 0) is 17.6 Å². The van der Waals surface area contributed by atoms with Gasteiger partial charge in [0.15, 0.2) is 0 Å². The number of nitrogens with one attached hydrogen (secondary N) is 1. The highest BCUT2D eigenvalue weighted by molar-refractivity contribution is 7.17. The Bertz CT molecular complexity index is 892. The molecule has 0 saturated heterocycles. The fourth-order valence-electron chi connectivity index (χ4n) is 3.83. The van der Waals surface area contributed by atoms with Crippen LogP contribution in [0.3, 0.4) is 0 Å². The smallest absolute Gasteiger partial charge is 0.341 e. The van der Waals surface area contributed by atoms with Crippen molar-refractivity contribution < 1.29 is 14.3 Å². The molecule has 0 bridgehead atoms. The Hall–Kier alpha value is -2.14. The fourth-order valence-corrected chi connectivity index (χ4v) is 5.14. The maximum atomic E-state index is 12.8. The predicted octanol–water partition coefficient (Wildman–Crippen LogP) is 5.64. The van der Waals surface area contributed by atoms with Crippen LogP contribution in [0.2, 0.25) is 0 Å². The molecule has 0 fully saturated rings. The van der Waals surface area contributed by atoms with Gasteiger partial charge in [0.2, 0.25) is 0 Å². The zero-order valence-electron chi connectivity index (χ0n) is 17.3. The van der Waals surface area contributed by atoms with Gasteiger partial charge < -0.3 is 10.1 Å². The Morgan fingerprint density at radius 1 is 1.25 bits per heavy atom. The van der Waals surface area contributed by atoms with Crippen molar-refractivity contribution in [3.8, 4) is 0 Å². The number of carbonyl (C=O) groups is 2. The number of fused-ring (bicyclic) bond motifs is 1. The van der Waals surface area contributed by atoms with Crippen LogP contribution in [0.25, 0.3) is 0 Å². The highest BCUT2D eigenvalue weighted by Crippen LogP contribution is 2.44. The van der Waals surface area contributed by atoms with Crippen LogP contribution in [0.5, 0.6) is 0 Å². The fraction of sp³-hybridized carbons (Fsp3) is 0.478. The third-order valence-corrected chi connectivity index (χ3v) is 6.76. The van der Waals surface area contributed by atoms with Crippen molar-refractivity contribution in [1.82, 2.24) is 0 Å². The van der Waals surface area contributed by atoms with Crippen molar-refractivity contribution in [1.29, 1.82) is 0 Å². The normalized spacial score (nSPS) is 16.4. The highest BCUT2D eigenvalue weighted by Gasteiger charge is 2.34. The van der Waals surface area contributed by atoms with E-state index in [4.69, 9.17) is 4.74 Å². The molecule has 5 heteroatoms. The summed E-state index contributed by atoms with van der Waals surface area (Å²) >= 11 is 1.53. The minimum Gasteiger partial charge on any atom is -0.462 e. The van der Waals surface area contributed by atoms with E-state index in [0.717, 1.165) is 30.4 Å². The zero-order chi connectivity index (χ0) is 20.5. The average molecular weight is 400 g/mol. The summed E-state index contributed by atoms with van der Waals surface area (Å²) in [5, 5.41) is 3.61. The second-order valence-electron chi connectivity index (χ2n) is 8.50. The first kappa shape index (κ1) is 20.6. The molecule has 0 spiro atoms. The third kappa shape index (κ3) is 4.14. The van der Waals surface area contributed by atoms with Crippen LogP contribution in [0.4, 0.5) is 5.00 Å². The lowest BCUT2D eigenvalue weighted by Gasteiger charge is -2.33. The van der Waals surface area contributed by atoms with Crippen molar-refractivity contribution in [2.75, 3.05) is 11.9 Å². The van der Waals surface area contributed by atoms with Gasteiger partial charge in [-0.2, -0.15) is 0 Å². The molecule has 1 amide bonds. The maximum Gasteiger partial charge on any atom is 0.341 e. The molecule has 0 saturated carbocycles. The second kappa shape index (κ2) is 8.08. The molecule has 3 rings (SSSR count). The van der Waals surface area contributed by atoms with E-state index in [9.17, 15) is 9.59 Å². The summed E-state index contributed by atoms with van der Waals surface area (Å²) in [4.78, 5) is 26.7. The highest BCUT2D eigenvalue weighted by atomic mass is 32.1. The van der Waals surface area contributed by atoms with E-state index in [-0.39, 0.29) is 17.3 Å². The summed E-state index contributed by atoms with van der Waals surface area (Å²) in [6.45, 7) is 10.8. The van der Waals surface area contributed by atoms with Crippen LogP contribution in [0.1, 0.15) is 70.8 Å². The molecule has 1 aliphatic rings. The number of rotatable bonds is 4. The maximum absolute atomic E-state index is 12.8. The van der Waals surface area contributed by atoms with E-state index in [0.29, 0.717) is 28.7 Å². The molecule has 4 nitrogen and oxygen atoms in total. The first-order valence-corrected chi connectivity index (χ1v) is 10.7. The number of hydrogen-bond donors (Lipinski definition) is 1. The summed E-state index contributed by atoms with van der Waals surface area (Å²) in [6, 6.07) is 7.47. The lowest BCUT2D eigenvalue weighted by atomic mass is 9.72. The molecule has 1 aliphatic carbocycles. The Labute approximate surface area is 171 Å². The Morgan fingerprint density at radius 2 is 1.96 bits per heavy atom. The Kier molecular flexibility index (Phi) is 5.94. The van der Waals surface area contributed by atoms with Crippen LogP contribution in [0.15, 0.2) is 24.3 Å². The lowest BCUT2D eigenvalue weighted by molar-refractivity contribution is 0.0526. The molecule has 0 radical (unpaired) electrons. The molecule has 1 aromatic carbocycles. The number of benzene rings is 1. The van der Waals surface area contributed by atoms with Crippen molar-refractivity contribution >= 4 is 28.2 Å². The summed E-state index contributed by atoms with van der Waals surface area (Å²) in [6.07, 6.45) is 2.84. The second-order valence-corrected chi connectivity index (χ2v) is 9.61. The topological polar surface area (TPSA) is 55.4 Å². The zero-order valence-corrected chi connectivity index (χ0v) is 18.2. The number of thiophene rings is 1. The molecule has 0 aliphatic heterocycles. The van der Waals surface area contributed by atoms with Gasteiger partial charge in [-0.1, -0.05) is 39.0 Å². The van der Waals surface area contributed by atoms with Crippen LogP contribution in [0, 0.1) is 18.3 Å².